The predicted octanol–water partition coefficient (Wildman–Crippen LogP) is 6.35. The number of anilines is 2. The van der Waals surface area contributed by atoms with Crippen LogP contribution in [0.5, 0.6) is 5.75 Å². The fourth-order valence-corrected chi connectivity index (χ4v) is 4.70. The molecule has 0 bridgehead atoms. The molecule has 4 aromatic rings. The van der Waals surface area contributed by atoms with E-state index >= 15 is 0 Å². The molecule has 2 amide bonds. The second kappa shape index (κ2) is 11.9. The quantitative estimate of drug-likeness (QED) is 0.273. The second-order valence-corrected chi connectivity index (χ2v) is 9.02. The summed E-state index contributed by atoms with van der Waals surface area (Å²) in [7, 11) is 1.58. The Bertz CT molecular complexity index is 1280. The van der Waals surface area contributed by atoms with Gasteiger partial charge in [-0.3, -0.25) is 9.59 Å². The molecule has 0 aliphatic heterocycles. The number of methoxy groups -OCH3 is 1. The monoisotopic (exact) mass is 482 g/mol. The van der Waals surface area contributed by atoms with Gasteiger partial charge in [-0.2, -0.15) is 0 Å². The molecule has 1 unspecified atom stereocenters. The standard InChI is InChI=1S/C29H26N2O3S/c1-34-26-18-9-8-17-25(26)31-29(33)28(22-13-6-3-7-14-22)35-24-16-10-15-23(20-24)30-27(32)19-21-11-4-2-5-12-21/h2-18,20,28H,19H2,1H3,(H,30,32)(H,31,33). The molecule has 0 aliphatic rings. The van der Waals surface area contributed by atoms with Crippen LogP contribution in [-0.2, 0) is 16.0 Å². The Kier molecular flexibility index (Phi) is 8.20. The van der Waals surface area contributed by atoms with Gasteiger partial charge in [-0.25, -0.2) is 0 Å². The number of carbonyl (C=O) groups is 2. The van der Waals surface area contributed by atoms with Gasteiger partial charge < -0.3 is 15.4 Å². The van der Waals surface area contributed by atoms with Crippen molar-refractivity contribution in [1.82, 2.24) is 0 Å². The van der Waals surface area contributed by atoms with Crippen LogP contribution < -0.4 is 15.4 Å². The van der Waals surface area contributed by atoms with Gasteiger partial charge in [0.15, 0.2) is 0 Å². The van der Waals surface area contributed by atoms with Crippen molar-refractivity contribution in [3.8, 4) is 5.75 Å². The third kappa shape index (κ3) is 6.74. The van der Waals surface area contributed by atoms with E-state index in [9.17, 15) is 9.59 Å². The molecule has 0 heterocycles. The fourth-order valence-electron chi connectivity index (χ4n) is 3.62. The van der Waals surface area contributed by atoms with Crippen molar-refractivity contribution < 1.29 is 14.3 Å². The first-order valence-corrected chi connectivity index (χ1v) is 12.1. The summed E-state index contributed by atoms with van der Waals surface area (Å²) in [5.74, 6) is 0.344. The molecule has 0 saturated heterocycles. The molecule has 0 aliphatic carbocycles. The van der Waals surface area contributed by atoms with Crippen LogP contribution in [0.2, 0.25) is 0 Å². The lowest BCUT2D eigenvalue weighted by atomic mass is 10.1. The van der Waals surface area contributed by atoms with Crippen molar-refractivity contribution >= 4 is 35.0 Å². The van der Waals surface area contributed by atoms with Crippen molar-refractivity contribution in [2.45, 2.75) is 16.6 Å². The summed E-state index contributed by atoms with van der Waals surface area (Å²) in [5, 5.41) is 5.46. The third-order valence-electron chi connectivity index (χ3n) is 5.28. The maximum absolute atomic E-state index is 13.4. The van der Waals surface area contributed by atoms with Gasteiger partial charge >= 0.3 is 0 Å². The minimum atomic E-state index is -0.503. The van der Waals surface area contributed by atoms with Gasteiger partial charge in [-0.15, -0.1) is 11.8 Å². The van der Waals surface area contributed by atoms with Gasteiger partial charge in [0.1, 0.15) is 11.0 Å². The van der Waals surface area contributed by atoms with Crippen LogP contribution in [0.1, 0.15) is 16.4 Å². The SMILES string of the molecule is COc1ccccc1NC(=O)C(Sc1cccc(NC(=O)Cc2ccccc2)c1)c1ccccc1. The molecule has 2 N–H and O–H groups in total. The molecule has 1 atom stereocenters. The summed E-state index contributed by atoms with van der Waals surface area (Å²) >= 11 is 1.42. The molecule has 0 radical (unpaired) electrons. The Morgan fingerprint density at radius 3 is 2.23 bits per heavy atom. The highest BCUT2D eigenvalue weighted by Crippen LogP contribution is 2.38. The summed E-state index contributed by atoms with van der Waals surface area (Å²) in [6.45, 7) is 0. The molecule has 35 heavy (non-hydrogen) atoms. The van der Waals surface area contributed by atoms with Crippen molar-refractivity contribution in [2.24, 2.45) is 0 Å². The summed E-state index contributed by atoms with van der Waals surface area (Å²) < 4.78 is 5.38. The summed E-state index contributed by atoms with van der Waals surface area (Å²) in [4.78, 5) is 26.8. The van der Waals surface area contributed by atoms with Crippen molar-refractivity contribution in [3.05, 3.63) is 120 Å². The topological polar surface area (TPSA) is 67.4 Å². The summed E-state index contributed by atoms with van der Waals surface area (Å²) in [6, 6.07) is 34.1. The van der Waals surface area contributed by atoms with Gasteiger partial charge in [-0.1, -0.05) is 78.9 Å². The smallest absolute Gasteiger partial charge is 0.242 e. The third-order valence-corrected chi connectivity index (χ3v) is 6.53. The zero-order chi connectivity index (χ0) is 24.5. The van der Waals surface area contributed by atoms with Gasteiger partial charge in [0.05, 0.1) is 19.2 Å². The van der Waals surface area contributed by atoms with Crippen molar-refractivity contribution in [1.29, 1.82) is 0 Å². The van der Waals surface area contributed by atoms with Crippen LogP contribution >= 0.6 is 11.8 Å². The van der Waals surface area contributed by atoms with E-state index in [1.54, 1.807) is 7.11 Å². The van der Waals surface area contributed by atoms with E-state index in [2.05, 4.69) is 10.6 Å². The normalized spacial score (nSPS) is 11.3. The van der Waals surface area contributed by atoms with Crippen LogP contribution in [0.3, 0.4) is 0 Å². The number of ether oxygens (including phenoxy) is 1. The van der Waals surface area contributed by atoms with E-state index in [4.69, 9.17) is 4.74 Å². The number of thioether (sulfide) groups is 1. The zero-order valence-corrected chi connectivity index (χ0v) is 20.1. The Morgan fingerprint density at radius 2 is 1.49 bits per heavy atom. The summed E-state index contributed by atoms with van der Waals surface area (Å²) in [5.41, 5.74) is 3.13. The lowest BCUT2D eigenvalue weighted by molar-refractivity contribution is -0.116. The number of para-hydroxylation sites is 2. The average molecular weight is 483 g/mol. The second-order valence-electron chi connectivity index (χ2n) is 7.84. The molecule has 4 rings (SSSR count). The van der Waals surface area contributed by atoms with Crippen LogP contribution in [0.4, 0.5) is 11.4 Å². The Balaban J connectivity index is 1.51. The number of amides is 2. The van der Waals surface area contributed by atoms with Gasteiger partial charge in [-0.05, 0) is 41.5 Å². The van der Waals surface area contributed by atoms with E-state index in [1.165, 1.54) is 11.8 Å². The zero-order valence-electron chi connectivity index (χ0n) is 19.3. The highest BCUT2D eigenvalue weighted by Gasteiger charge is 2.23. The van der Waals surface area contributed by atoms with Gasteiger partial charge in [0.2, 0.25) is 11.8 Å². The molecule has 6 heteroatoms. The minimum Gasteiger partial charge on any atom is -0.495 e. The number of hydrogen-bond donors (Lipinski definition) is 2. The van der Waals surface area contributed by atoms with Gasteiger partial charge in [0, 0.05) is 10.6 Å². The molecular weight excluding hydrogens is 456 g/mol. The number of hydrogen-bond acceptors (Lipinski definition) is 4. The minimum absolute atomic E-state index is 0.0909. The lowest BCUT2D eigenvalue weighted by Crippen LogP contribution is -2.19. The Morgan fingerprint density at radius 1 is 0.800 bits per heavy atom. The number of benzene rings is 4. The summed E-state index contributed by atoms with van der Waals surface area (Å²) in [6.07, 6.45) is 0.298. The van der Waals surface area contributed by atoms with Crippen molar-refractivity contribution in [3.63, 3.8) is 0 Å². The number of rotatable bonds is 9. The number of nitrogens with one attached hydrogen (secondary N) is 2. The predicted molar refractivity (Wildman–Crippen MR) is 142 cm³/mol. The maximum Gasteiger partial charge on any atom is 0.242 e. The van der Waals surface area contributed by atoms with Crippen LogP contribution in [0.15, 0.2) is 114 Å². The highest BCUT2D eigenvalue weighted by molar-refractivity contribution is 8.00. The largest absolute Gasteiger partial charge is 0.495 e. The Labute approximate surface area is 209 Å². The fraction of sp³-hybridized carbons (Fsp3) is 0.103. The van der Waals surface area contributed by atoms with E-state index in [-0.39, 0.29) is 11.8 Å². The molecule has 4 aromatic carbocycles. The Hall–Kier alpha value is -4.03. The van der Waals surface area contributed by atoms with Crippen LogP contribution in [0.25, 0.3) is 0 Å². The maximum atomic E-state index is 13.4. The lowest BCUT2D eigenvalue weighted by Gasteiger charge is -2.18. The number of carbonyl (C=O) groups excluding carboxylic acids is 2. The molecule has 0 fully saturated rings. The molecule has 0 aromatic heterocycles. The molecule has 176 valence electrons. The van der Waals surface area contributed by atoms with E-state index in [0.717, 1.165) is 16.0 Å². The van der Waals surface area contributed by atoms with Gasteiger partial charge in [0.25, 0.3) is 0 Å². The first-order chi connectivity index (χ1) is 17.1. The van der Waals surface area contributed by atoms with E-state index in [1.807, 2.05) is 109 Å². The molecule has 0 spiro atoms. The van der Waals surface area contributed by atoms with E-state index in [0.29, 0.717) is 23.5 Å². The average Bonchev–Trinajstić information content (AvgIpc) is 2.89. The van der Waals surface area contributed by atoms with Crippen molar-refractivity contribution in [2.75, 3.05) is 17.7 Å². The molecule has 0 saturated carbocycles. The van der Waals surface area contributed by atoms with E-state index < -0.39 is 5.25 Å². The first-order valence-electron chi connectivity index (χ1n) is 11.2. The van der Waals surface area contributed by atoms with Crippen LogP contribution in [-0.4, -0.2) is 18.9 Å². The van der Waals surface area contributed by atoms with Crippen LogP contribution in [0, 0.1) is 0 Å². The first kappa shape index (κ1) is 24.1. The molecule has 5 nitrogen and oxygen atoms in total. The molecular formula is C29H26N2O3S. The highest BCUT2D eigenvalue weighted by atomic mass is 32.2.